The summed E-state index contributed by atoms with van der Waals surface area (Å²) in [5, 5.41) is 11.2. The molecule has 0 unspecified atom stereocenters. The third kappa shape index (κ3) is 4.91. The van der Waals surface area contributed by atoms with E-state index in [0.717, 1.165) is 51.0 Å². The predicted molar refractivity (Wildman–Crippen MR) is 153 cm³/mol. The Morgan fingerprint density at radius 3 is 2.49 bits per heavy atom. The van der Waals surface area contributed by atoms with Gasteiger partial charge in [0.1, 0.15) is 18.1 Å². The maximum Gasteiger partial charge on any atom is 0.308 e. The van der Waals surface area contributed by atoms with E-state index in [1.807, 2.05) is 6.07 Å². The van der Waals surface area contributed by atoms with Crippen molar-refractivity contribution in [2.45, 2.75) is 90.1 Å². The fraction of sp³-hybridized carbons (Fsp3) is 0.618. The zero-order valence-corrected chi connectivity index (χ0v) is 24.0. The van der Waals surface area contributed by atoms with Crippen LogP contribution < -0.4 is 9.47 Å². The Balaban J connectivity index is 1.28. The molecule has 5 heteroatoms. The molecule has 6 atom stereocenters. The lowest BCUT2D eigenvalue weighted by Crippen LogP contribution is -2.52. The normalized spacial score (nSPS) is 34.1. The summed E-state index contributed by atoms with van der Waals surface area (Å²) >= 11 is 0. The highest BCUT2D eigenvalue weighted by molar-refractivity contribution is 5.69. The van der Waals surface area contributed by atoms with E-state index in [0.29, 0.717) is 23.5 Å². The molecule has 0 amide bonds. The van der Waals surface area contributed by atoms with Crippen LogP contribution in [0.5, 0.6) is 11.5 Å². The summed E-state index contributed by atoms with van der Waals surface area (Å²) in [6, 6.07) is 15.1. The van der Waals surface area contributed by atoms with Gasteiger partial charge in [-0.2, -0.15) is 0 Å². The van der Waals surface area contributed by atoms with Crippen molar-refractivity contribution in [2.75, 3.05) is 26.2 Å². The highest BCUT2D eigenvalue weighted by Gasteiger charge is 2.62. The molecule has 0 aromatic heterocycles. The first-order valence-corrected chi connectivity index (χ1v) is 15.2. The van der Waals surface area contributed by atoms with Crippen molar-refractivity contribution in [1.82, 2.24) is 4.90 Å². The standard InChI is InChI=1S/C34H45NO4/c1-23(36)39-27-11-12-28-25(21-27)15-16-33(2)30-13-14-31(37)34(30,3)22-29(32(28)33)24-7-9-26(10-8-24)38-20-19-35-17-5-4-6-18-35/h7-12,21,29-32,37H,4-6,13-20,22H2,1-3H3/t29-,30+,31+,32+,33+,34+/m1/s1. The molecule has 2 aromatic carbocycles. The molecule has 1 N–H and O–H groups in total. The van der Waals surface area contributed by atoms with Crippen molar-refractivity contribution in [1.29, 1.82) is 0 Å². The summed E-state index contributed by atoms with van der Waals surface area (Å²) in [5.41, 5.74) is 4.07. The molecule has 4 aliphatic rings. The number of benzene rings is 2. The number of fused-ring (bicyclic) bond motifs is 5. The molecular weight excluding hydrogens is 486 g/mol. The predicted octanol–water partition coefficient (Wildman–Crippen LogP) is 6.48. The Morgan fingerprint density at radius 1 is 1.00 bits per heavy atom. The second-order valence-electron chi connectivity index (χ2n) is 13.2. The van der Waals surface area contributed by atoms with Gasteiger partial charge >= 0.3 is 5.97 Å². The summed E-state index contributed by atoms with van der Waals surface area (Å²) in [6.07, 6.45) is 8.78. The number of aliphatic hydroxyl groups is 1. The van der Waals surface area contributed by atoms with Gasteiger partial charge in [0.25, 0.3) is 0 Å². The van der Waals surface area contributed by atoms with Gasteiger partial charge in [0.2, 0.25) is 0 Å². The van der Waals surface area contributed by atoms with Crippen LogP contribution in [0.25, 0.3) is 0 Å². The van der Waals surface area contributed by atoms with Crippen LogP contribution in [-0.4, -0.2) is 48.3 Å². The van der Waals surface area contributed by atoms with Crippen LogP contribution in [0.2, 0.25) is 0 Å². The van der Waals surface area contributed by atoms with Crippen molar-refractivity contribution >= 4 is 5.97 Å². The zero-order chi connectivity index (χ0) is 27.2. The fourth-order valence-corrected chi connectivity index (χ4v) is 9.08. The van der Waals surface area contributed by atoms with Gasteiger partial charge in [0.15, 0.2) is 0 Å². The van der Waals surface area contributed by atoms with E-state index in [1.165, 1.54) is 56.0 Å². The first kappa shape index (κ1) is 26.8. The minimum absolute atomic E-state index is 0.0747. The number of likely N-dealkylation sites (tertiary alicyclic amines) is 1. The lowest BCUT2D eigenvalue weighted by molar-refractivity contribution is -0.131. The lowest BCUT2D eigenvalue weighted by atomic mass is 9.44. The Labute approximate surface area is 233 Å². The van der Waals surface area contributed by atoms with E-state index >= 15 is 0 Å². The molecule has 1 saturated heterocycles. The average molecular weight is 532 g/mol. The van der Waals surface area contributed by atoms with Crippen LogP contribution >= 0.6 is 0 Å². The van der Waals surface area contributed by atoms with Crippen molar-refractivity contribution in [3.63, 3.8) is 0 Å². The van der Waals surface area contributed by atoms with Gasteiger partial charge in [-0.15, -0.1) is 0 Å². The second kappa shape index (κ2) is 10.6. The molecule has 0 radical (unpaired) electrons. The minimum Gasteiger partial charge on any atom is -0.492 e. The summed E-state index contributed by atoms with van der Waals surface area (Å²) in [7, 11) is 0. The molecule has 3 fully saturated rings. The summed E-state index contributed by atoms with van der Waals surface area (Å²) in [5.74, 6) is 2.48. The van der Waals surface area contributed by atoms with E-state index in [-0.39, 0.29) is 22.9 Å². The van der Waals surface area contributed by atoms with Crippen LogP contribution in [0.3, 0.4) is 0 Å². The van der Waals surface area contributed by atoms with Gasteiger partial charge in [-0.05, 0) is 128 Å². The molecule has 210 valence electrons. The van der Waals surface area contributed by atoms with Crippen molar-refractivity contribution < 1.29 is 19.4 Å². The number of carbonyl (C=O) groups is 1. The van der Waals surface area contributed by atoms with Gasteiger partial charge in [-0.25, -0.2) is 0 Å². The SMILES string of the molecule is CC(=O)Oc1ccc2c(c1)CC[C@@]1(C)[C@@H]3CC[C@H](O)[C@@]3(C)C[C@H](c3ccc(OCCN4CCCCC4)cc3)[C@H]21. The third-order valence-electron chi connectivity index (χ3n) is 10.9. The number of esters is 1. The van der Waals surface area contributed by atoms with Crippen molar-refractivity contribution in [3.05, 3.63) is 59.2 Å². The fourth-order valence-electron chi connectivity index (χ4n) is 9.08. The van der Waals surface area contributed by atoms with Crippen molar-refractivity contribution in [3.8, 4) is 11.5 Å². The highest BCUT2D eigenvalue weighted by Crippen LogP contribution is 2.70. The highest BCUT2D eigenvalue weighted by atomic mass is 16.5. The molecule has 0 bridgehead atoms. The number of aliphatic hydroxyl groups excluding tert-OH is 1. The number of nitrogens with zero attached hydrogens (tertiary/aromatic N) is 1. The first-order chi connectivity index (χ1) is 18.8. The molecular formula is C34H45NO4. The van der Waals surface area contributed by atoms with E-state index in [4.69, 9.17) is 9.47 Å². The largest absolute Gasteiger partial charge is 0.492 e. The monoisotopic (exact) mass is 531 g/mol. The maximum atomic E-state index is 11.6. The first-order valence-electron chi connectivity index (χ1n) is 15.2. The number of piperidine rings is 1. The van der Waals surface area contributed by atoms with Gasteiger partial charge in [0, 0.05) is 13.5 Å². The molecule has 39 heavy (non-hydrogen) atoms. The van der Waals surface area contributed by atoms with E-state index in [1.54, 1.807) is 0 Å². The lowest BCUT2D eigenvalue weighted by Gasteiger charge is -2.60. The number of aryl methyl sites for hydroxylation is 1. The molecule has 0 spiro atoms. The van der Waals surface area contributed by atoms with Gasteiger partial charge in [-0.3, -0.25) is 9.69 Å². The number of ether oxygens (including phenoxy) is 2. The van der Waals surface area contributed by atoms with E-state index < -0.39 is 0 Å². The van der Waals surface area contributed by atoms with Crippen LogP contribution in [0.4, 0.5) is 0 Å². The molecule has 1 heterocycles. The van der Waals surface area contributed by atoms with Crippen LogP contribution in [0.15, 0.2) is 42.5 Å². The van der Waals surface area contributed by atoms with Gasteiger partial charge < -0.3 is 14.6 Å². The number of rotatable bonds is 6. The molecule has 1 aliphatic heterocycles. The van der Waals surface area contributed by atoms with Crippen molar-refractivity contribution in [2.24, 2.45) is 16.7 Å². The molecule has 6 rings (SSSR count). The smallest absolute Gasteiger partial charge is 0.308 e. The van der Waals surface area contributed by atoms with Crippen LogP contribution in [-0.2, 0) is 11.2 Å². The number of carbonyl (C=O) groups excluding carboxylic acids is 1. The van der Waals surface area contributed by atoms with E-state index in [9.17, 15) is 9.90 Å². The Kier molecular flexibility index (Phi) is 7.26. The summed E-state index contributed by atoms with van der Waals surface area (Å²) in [4.78, 5) is 14.1. The Hall–Kier alpha value is -2.37. The average Bonchev–Trinajstić information content (AvgIpc) is 3.23. The van der Waals surface area contributed by atoms with Gasteiger partial charge in [0.05, 0.1) is 6.10 Å². The zero-order valence-electron chi connectivity index (χ0n) is 24.0. The van der Waals surface area contributed by atoms with Gasteiger partial charge in [-0.1, -0.05) is 38.5 Å². The molecule has 5 nitrogen and oxygen atoms in total. The van der Waals surface area contributed by atoms with Crippen LogP contribution in [0.1, 0.15) is 94.2 Å². The third-order valence-corrected chi connectivity index (χ3v) is 10.9. The quantitative estimate of drug-likeness (QED) is 0.342. The molecule has 2 aromatic rings. The Morgan fingerprint density at radius 2 is 1.74 bits per heavy atom. The number of hydrogen-bond acceptors (Lipinski definition) is 5. The maximum absolute atomic E-state index is 11.6. The molecule has 2 saturated carbocycles. The Bertz CT molecular complexity index is 1190. The summed E-state index contributed by atoms with van der Waals surface area (Å²) in [6.45, 7) is 10.4. The number of hydrogen-bond donors (Lipinski definition) is 1. The second-order valence-corrected chi connectivity index (χ2v) is 13.2. The summed E-state index contributed by atoms with van der Waals surface area (Å²) < 4.78 is 11.6. The van der Waals surface area contributed by atoms with E-state index in [2.05, 4.69) is 55.1 Å². The molecule has 3 aliphatic carbocycles. The topological polar surface area (TPSA) is 59.0 Å². The minimum atomic E-state index is -0.278. The van der Waals surface area contributed by atoms with Crippen LogP contribution in [0, 0.1) is 16.7 Å².